The van der Waals surface area contributed by atoms with Crippen molar-refractivity contribution in [3.8, 4) is 11.5 Å². The molecule has 4 heteroatoms. The largest absolute Gasteiger partial charge is 0.508 e. The minimum absolute atomic E-state index is 0.169. The van der Waals surface area contributed by atoms with Crippen molar-refractivity contribution in [3.63, 3.8) is 0 Å². The Hall–Kier alpha value is -2.04. The molecule has 0 saturated heterocycles. The second-order valence-electron chi connectivity index (χ2n) is 3.93. The van der Waals surface area contributed by atoms with Crippen LogP contribution in [0.2, 0.25) is 0 Å². The number of nitrogens with two attached hydrogens (primary N) is 1. The van der Waals surface area contributed by atoms with E-state index < -0.39 is 0 Å². The number of phenols is 2. The Balaban J connectivity index is 0.000000289. The SMILES string of the molecule is CCCO.NCc1ccccc1.Oc1ccc(O)cc1. The summed E-state index contributed by atoms with van der Waals surface area (Å²) in [4.78, 5) is 0. The van der Waals surface area contributed by atoms with Gasteiger partial charge in [-0.3, -0.25) is 0 Å². The molecule has 2 rings (SSSR count). The average Bonchev–Trinajstić information content (AvgIpc) is 2.52. The van der Waals surface area contributed by atoms with Crippen LogP contribution >= 0.6 is 0 Å². The Bertz CT molecular complexity index is 406. The summed E-state index contributed by atoms with van der Waals surface area (Å²) in [5.74, 6) is 0.339. The Morgan fingerprint density at radius 2 is 1.25 bits per heavy atom. The van der Waals surface area contributed by atoms with E-state index in [-0.39, 0.29) is 11.5 Å². The molecule has 0 amide bonds. The Kier molecular flexibility index (Phi) is 10.8. The minimum atomic E-state index is 0.169. The van der Waals surface area contributed by atoms with E-state index in [2.05, 4.69) is 0 Å². The van der Waals surface area contributed by atoms with Gasteiger partial charge in [0.15, 0.2) is 0 Å². The number of benzene rings is 2. The number of hydrogen-bond acceptors (Lipinski definition) is 4. The number of phenolic OH excluding ortho intramolecular Hbond substituents is 2. The quantitative estimate of drug-likeness (QED) is 0.636. The van der Waals surface area contributed by atoms with Gasteiger partial charge in [0.1, 0.15) is 11.5 Å². The van der Waals surface area contributed by atoms with Gasteiger partial charge in [0.2, 0.25) is 0 Å². The fourth-order valence-electron chi connectivity index (χ4n) is 1.07. The van der Waals surface area contributed by atoms with Crippen molar-refractivity contribution in [2.75, 3.05) is 6.61 Å². The number of rotatable bonds is 2. The van der Waals surface area contributed by atoms with Gasteiger partial charge in [-0.2, -0.15) is 0 Å². The van der Waals surface area contributed by atoms with E-state index in [0.29, 0.717) is 13.2 Å². The first-order valence-corrected chi connectivity index (χ1v) is 6.46. The highest BCUT2D eigenvalue weighted by atomic mass is 16.3. The third kappa shape index (κ3) is 9.94. The molecule has 0 aliphatic heterocycles. The zero-order valence-electron chi connectivity index (χ0n) is 11.7. The molecular formula is C16H23NO3. The van der Waals surface area contributed by atoms with Crippen LogP contribution in [-0.2, 0) is 6.54 Å². The highest BCUT2D eigenvalue weighted by Crippen LogP contribution is 2.13. The molecule has 0 bridgehead atoms. The molecule has 0 heterocycles. The van der Waals surface area contributed by atoms with E-state index in [9.17, 15) is 0 Å². The molecule has 0 unspecified atom stereocenters. The van der Waals surface area contributed by atoms with Crippen LogP contribution in [-0.4, -0.2) is 21.9 Å². The number of aliphatic hydroxyl groups excluding tert-OH is 1. The minimum Gasteiger partial charge on any atom is -0.508 e. The van der Waals surface area contributed by atoms with Crippen molar-refractivity contribution in [1.82, 2.24) is 0 Å². The summed E-state index contributed by atoms with van der Waals surface area (Å²) in [6.45, 7) is 2.89. The first kappa shape index (κ1) is 18.0. The fourth-order valence-corrected chi connectivity index (χ4v) is 1.07. The molecule has 2 aromatic carbocycles. The molecule has 0 aliphatic rings. The number of aromatic hydroxyl groups is 2. The topological polar surface area (TPSA) is 86.7 Å². The van der Waals surface area contributed by atoms with E-state index in [1.165, 1.54) is 29.8 Å². The fraction of sp³-hybridized carbons (Fsp3) is 0.250. The monoisotopic (exact) mass is 277 g/mol. The van der Waals surface area contributed by atoms with Gasteiger partial charge in [-0.15, -0.1) is 0 Å². The Labute approximate surface area is 120 Å². The first-order chi connectivity index (χ1) is 9.63. The maximum absolute atomic E-state index is 8.65. The molecule has 0 aliphatic carbocycles. The van der Waals surface area contributed by atoms with Crippen LogP contribution < -0.4 is 5.73 Å². The van der Waals surface area contributed by atoms with E-state index in [1.54, 1.807) is 0 Å². The second kappa shape index (κ2) is 12.0. The molecule has 2 aromatic rings. The highest BCUT2D eigenvalue weighted by Gasteiger charge is 1.84. The van der Waals surface area contributed by atoms with Crippen molar-refractivity contribution in [3.05, 3.63) is 60.2 Å². The lowest BCUT2D eigenvalue weighted by Gasteiger charge is -1.90. The molecule has 0 fully saturated rings. The third-order valence-corrected chi connectivity index (χ3v) is 2.15. The summed E-state index contributed by atoms with van der Waals surface area (Å²) in [5, 5.41) is 25.2. The lowest BCUT2D eigenvalue weighted by Crippen LogP contribution is -1.94. The lowest BCUT2D eigenvalue weighted by atomic mass is 10.2. The zero-order valence-corrected chi connectivity index (χ0v) is 11.7. The van der Waals surface area contributed by atoms with E-state index >= 15 is 0 Å². The van der Waals surface area contributed by atoms with Gasteiger partial charge in [0.25, 0.3) is 0 Å². The predicted octanol–water partition coefficient (Wildman–Crippen LogP) is 2.63. The van der Waals surface area contributed by atoms with Gasteiger partial charge < -0.3 is 21.1 Å². The maximum atomic E-state index is 8.65. The average molecular weight is 277 g/mol. The summed E-state index contributed by atoms with van der Waals surface area (Å²) >= 11 is 0. The highest BCUT2D eigenvalue weighted by molar-refractivity contribution is 5.28. The van der Waals surface area contributed by atoms with Crippen LogP contribution in [0.5, 0.6) is 11.5 Å². The summed E-state index contributed by atoms with van der Waals surface area (Å²) in [6, 6.07) is 15.7. The molecule has 0 radical (unpaired) electrons. The van der Waals surface area contributed by atoms with Gasteiger partial charge in [-0.1, -0.05) is 37.3 Å². The summed E-state index contributed by atoms with van der Waals surface area (Å²) in [7, 11) is 0. The molecule has 20 heavy (non-hydrogen) atoms. The van der Waals surface area contributed by atoms with Crippen LogP contribution in [0.15, 0.2) is 54.6 Å². The normalized spacial score (nSPS) is 8.75. The van der Waals surface area contributed by atoms with Crippen molar-refractivity contribution in [1.29, 1.82) is 0 Å². The molecular weight excluding hydrogens is 254 g/mol. The molecule has 0 saturated carbocycles. The summed E-state index contributed by atoms with van der Waals surface area (Å²) < 4.78 is 0. The molecule has 5 N–H and O–H groups in total. The number of hydrogen-bond donors (Lipinski definition) is 4. The smallest absolute Gasteiger partial charge is 0.115 e. The van der Waals surface area contributed by atoms with Crippen molar-refractivity contribution in [2.45, 2.75) is 19.9 Å². The Morgan fingerprint density at radius 3 is 1.50 bits per heavy atom. The summed E-state index contributed by atoms with van der Waals surface area (Å²) in [6.07, 6.45) is 0.875. The third-order valence-electron chi connectivity index (χ3n) is 2.15. The second-order valence-corrected chi connectivity index (χ2v) is 3.93. The molecule has 110 valence electrons. The van der Waals surface area contributed by atoms with Gasteiger partial charge in [0, 0.05) is 13.2 Å². The van der Waals surface area contributed by atoms with Gasteiger partial charge in [0.05, 0.1) is 0 Å². The summed E-state index contributed by atoms with van der Waals surface area (Å²) in [5.41, 5.74) is 6.54. The zero-order chi connectivity index (χ0) is 15.2. The lowest BCUT2D eigenvalue weighted by molar-refractivity contribution is 0.295. The molecule has 0 aromatic heterocycles. The van der Waals surface area contributed by atoms with E-state index in [1.807, 2.05) is 37.3 Å². The number of aliphatic hydroxyl groups is 1. The predicted molar refractivity (Wildman–Crippen MR) is 81.5 cm³/mol. The van der Waals surface area contributed by atoms with Crippen LogP contribution in [0.4, 0.5) is 0 Å². The van der Waals surface area contributed by atoms with Crippen LogP contribution in [0.3, 0.4) is 0 Å². The van der Waals surface area contributed by atoms with E-state index in [0.717, 1.165) is 6.42 Å². The van der Waals surface area contributed by atoms with Crippen molar-refractivity contribution in [2.24, 2.45) is 5.73 Å². The molecule has 0 atom stereocenters. The van der Waals surface area contributed by atoms with Gasteiger partial charge in [-0.25, -0.2) is 0 Å². The van der Waals surface area contributed by atoms with Crippen LogP contribution in [0.25, 0.3) is 0 Å². The molecule has 4 nitrogen and oxygen atoms in total. The maximum Gasteiger partial charge on any atom is 0.115 e. The van der Waals surface area contributed by atoms with Gasteiger partial charge in [-0.05, 0) is 36.2 Å². The first-order valence-electron chi connectivity index (χ1n) is 6.46. The Morgan fingerprint density at radius 1 is 0.850 bits per heavy atom. The van der Waals surface area contributed by atoms with Crippen molar-refractivity contribution < 1.29 is 15.3 Å². The van der Waals surface area contributed by atoms with E-state index in [4.69, 9.17) is 21.1 Å². The van der Waals surface area contributed by atoms with Crippen LogP contribution in [0, 0.1) is 0 Å². The van der Waals surface area contributed by atoms with Crippen LogP contribution in [0.1, 0.15) is 18.9 Å². The standard InChI is InChI=1S/C7H9N.C6H6O2.C3H8O/c8-6-7-4-2-1-3-5-7;7-5-1-2-6(8)4-3-5;1-2-3-4/h1-5H,6,8H2;1-4,7-8H;4H,2-3H2,1H3. The molecule has 0 spiro atoms. The van der Waals surface area contributed by atoms with Crippen molar-refractivity contribution >= 4 is 0 Å². The van der Waals surface area contributed by atoms with Gasteiger partial charge >= 0.3 is 0 Å².